The van der Waals surface area contributed by atoms with Gasteiger partial charge in [0.15, 0.2) is 0 Å². The van der Waals surface area contributed by atoms with E-state index >= 15 is 0 Å². The van der Waals surface area contributed by atoms with Crippen LogP contribution in [0.25, 0.3) is 0 Å². The van der Waals surface area contributed by atoms with Gasteiger partial charge < -0.3 is 14.8 Å². The molecule has 1 aromatic carbocycles. The van der Waals surface area contributed by atoms with Gasteiger partial charge in [0, 0.05) is 48.2 Å². The molecule has 160 valence electrons. The van der Waals surface area contributed by atoms with Gasteiger partial charge in [-0.25, -0.2) is 0 Å². The Labute approximate surface area is 184 Å². The SMILES string of the molecule is Clc1cccc2c1CCC2NCCC1(c2ccccn2)CCOC2(CCOCC2)C1. The largest absolute Gasteiger partial charge is 0.381 e. The lowest BCUT2D eigenvalue weighted by Gasteiger charge is -2.49. The molecule has 2 fully saturated rings. The number of ether oxygens (including phenoxy) is 2. The molecule has 1 aromatic heterocycles. The Morgan fingerprint density at radius 1 is 1.07 bits per heavy atom. The second kappa shape index (κ2) is 8.58. The molecular weight excluding hydrogens is 396 g/mol. The number of pyridine rings is 1. The van der Waals surface area contributed by atoms with Gasteiger partial charge in [-0.1, -0.05) is 29.8 Å². The maximum Gasteiger partial charge on any atom is 0.0735 e. The summed E-state index contributed by atoms with van der Waals surface area (Å²) < 4.78 is 12.0. The van der Waals surface area contributed by atoms with Crippen molar-refractivity contribution in [2.45, 2.75) is 62.0 Å². The monoisotopic (exact) mass is 426 g/mol. The molecule has 0 radical (unpaired) electrons. The number of aromatic nitrogens is 1. The number of fused-ring (bicyclic) bond motifs is 1. The molecule has 1 N–H and O–H groups in total. The van der Waals surface area contributed by atoms with Crippen LogP contribution in [-0.2, 0) is 21.3 Å². The van der Waals surface area contributed by atoms with Crippen molar-refractivity contribution in [1.29, 1.82) is 0 Å². The topological polar surface area (TPSA) is 43.4 Å². The van der Waals surface area contributed by atoms with Crippen LogP contribution in [0.3, 0.4) is 0 Å². The highest BCUT2D eigenvalue weighted by Crippen LogP contribution is 2.47. The first-order valence-electron chi connectivity index (χ1n) is 11.3. The summed E-state index contributed by atoms with van der Waals surface area (Å²) in [7, 11) is 0. The fraction of sp³-hybridized carbons (Fsp3) is 0.560. The number of rotatable bonds is 5. The third-order valence-corrected chi connectivity index (χ3v) is 7.82. The minimum Gasteiger partial charge on any atom is -0.381 e. The second-order valence-corrected chi connectivity index (χ2v) is 9.58. The van der Waals surface area contributed by atoms with Gasteiger partial charge in [0.2, 0.25) is 0 Å². The molecule has 2 aromatic rings. The van der Waals surface area contributed by atoms with Crippen LogP contribution < -0.4 is 5.32 Å². The van der Waals surface area contributed by atoms with E-state index in [0.717, 1.165) is 76.3 Å². The van der Waals surface area contributed by atoms with E-state index in [1.165, 1.54) is 16.8 Å². The first kappa shape index (κ1) is 20.4. The maximum absolute atomic E-state index is 6.42. The summed E-state index contributed by atoms with van der Waals surface area (Å²) in [4.78, 5) is 4.82. The lowest BCUT2D eigenvalue weighted by atomic mass is 9.66. The second-order valence-electron chi connectivity index (χ2n) is 9.17. The quantitative estimate of drug-likeness (QED) is 0.730. The van der Waals surface area contributed by atoms with E-state index in [4.69, 9.17) is 26.1 Å². The van der Waals surface area contributed by atoms with E-state index in [9.17, 15) is 0 Å². The molecule has 2 atom stereocenters. The summed E-state index contributed by atoms with van der Waals surface area (Å²) in [5, 5.41) is 4.76. The van der Waals surface area contributed by atoms with Crippen molar-refractivity contribution in [1.82, 2.24) is 10.3 Å². The van der Waals surface area contributed by atoms with Crippen LogP contribution in [0, 0.1) is 0 Å². The molecule has 0 saturated carbocycles. The molecule has 0 bridgehead atoms. The molecule has 2 saturated heterocycles. The Kier molecular flexibility index (Phi) is 5.85. The molecule has 2 unspecified atom stereocenters. The van der Waals surface area contributed by atoms with Gasteiger partial charge >= 0.3 is 0 Å². The van der Waals surface area contributed by atoms with Crippen molar-refractivity contribution < 1.29 is 9.47 Å². The van der Waals surface area contributed by atoms with Crippen LogP contribution in [0.1, 0.15) is 61.4 Å². The molecule has 0 amide bonds. The van der Waals surface area contributed by atoms with E-state index in [-0.39, 0.29) is 11.0 Å². The Balaban J connectivity index is 1.33. The van der Waals surface area contributed by atoms with Crippen LogP contribution in [0.5, 0.6) is 0 Å². The summed E-state index contributed by atoms with van der Waals surface area (Å²) in [6.45, 7) is 3.38. The number of hydrogen-bond donors (Lipinski definition) is 1. The van der Waals surface area contributed by atoms with Crippen LogP contribution in [0.4, 0.5) is 0 Å². The van der Waals surface area contributed by atoms with Crippen molar-refractivity contribution in [3.05, 3.63) is 64.4 Å². The van der Waals surface area contributed by atoms with Crippen molar-refractivity contribution in [2.75, 3.05) is 26.4 Å². The fourth-order valence-electron chi connectivity index (χ4n) is 5.83. The lowest BCUT2D eigenvalue weighted by Crippen LogP contribution is -2.51. The molecule has 1 spiro atoms. The Bertz CT molecular complexity index is 863. The minimum atomic E-state index is -0.0541. The van der Waals surface area contributed by atoms with Crippen LogP contribution in [0.2, 0.25) is 5.02 Å². The third kappa shape index (κ3) is 3.91. The Hall–Kier alpha value is -1.46. The van der Waals surface area contributed by atoms with Gasteiger partial charge in [-0.15, -0.1) is 0 Å². The number of hydrogen-bond acceptors (Lipinski definition) is 4. The van der Waals surface area contributed by atoms with E-state index in [1.807, 2.05) is 18.3 Å². The van der Waals surface area contributed by atoms with E-state index in [1.54, 1.807) is 0 Å². The third-order valence-electron chi connectivity index (χ3n) is 7.47. The fourth-order valence-corrected chi connectivity index (χ4v) is 6.10. The molecule has 1 aliphatic carbocycles. The average molecular weight is 427 g/mol. The molecule has 5 heteroatoms. The van der Waals surface area contributed by atoms with Crippen LogP contribution in [0.15, 0.2) is 42.6 Å². The molecular formula is C25H31ClN2O2. The van der Waals surface area contributed by atoms with Crippen molar-refractivity contribution in [2.24, 2.45) is 0 Å². The molecule has 3 heterocycles. The standard InChI is InChI=1S/C25H31ClN2O2/c26-21-5-3-4-20-19(21)7-8-22(20)27-14-9-24(23-6-1-2-13-28-23)10-17-30-25(18-24)11-15-29-16-12-25/h1-6,13,22,27H,7-12,14-18H2. The molecule has 3 aliphatic rings. The summed E-state index contributed by atoms with van der Waals surface area (Å²) in [5.41, 5.74) is 3.92. The van der Waals surface area contributed by atoms with Gasteiger partial charge in [0.25, 0.3) is 0 Å². The van der Waals surface area contributed by atoms with E-state index in [0.29, 0.717) is 6.04 Å². The average Bonchev–Trinajstić information content (AvgIpc) is 3.19. The van der Waals surface area contributed by atoms with Gasteiger partial charge in [-0.3, -0.25) is 4.98 Å². The Morgan fingerprint density at radius 2 is 1.97 bits per heavy atom. The van der Waals surface area contributed by atoms with Crippen molar-refractivity contribution in [3.63, 3.8) is 0 Å². The molecule has 2 aliphatic heterocycles. The number of benzene rings is 1. The summed E-state index contributed by atoms with van der Waals surface area (Å²) in [5.74, 6) is 0. The zero-order valence-electron chi connectivity index (χ0n) is 17.5. The predicted molar refractivity (Wildman–Crippen MR) is 119 cm³/mol. The van der Waals surface area contributed by atoms with E-state index in [2.05, 4.69) is 29.6 Å². The van der Waals surface area contributed by atoms with Crippen LogP contribution >= 0.6 is 11.6 Å². The summed E-state index contributed by atoms with van der Waals surface area (Å²) in [6, 6.07) is 13.1. The molecule has 30 heavy (non-hydrogen) atoms. The minimum absolute atomic E-state index is 0.0541. The maximum atomic E-state index is 6.42. The summed E-state index contributed by atoms with van der Waals surface area (Å²) >= 11 is 6.42. The molecule has 4 nitrogen and oxygen atoms in total. The van der Waals surface area contributed by atoms with Gasteiger partial charge in [-0.2, -0.15) is 0 Å². The van der Waals surface area contributed by atoms with Crippen LogP contribution in [-0.4, -0.2) is 37.0 Å². The first-order valence-corrected chi connectivity index (χ1v) is 11.7. The van der Waals surface area contributed by atoms with Crippen molar-refractivity contribution >= 4 is 11.6 Å². The predicted octanol–water partition coefficient (Wildman–Crippen LogP) is 5.00. The van der Waals surface area contributed by atoms with Gasteiger partial charge in [0.1, 0.15) is 0 Å². The summed E-state index contributed by atoms with van der Waals surface area (Å²) in [6.07, 6.45) is 9.24. The first-order chi connectivity index (χ1) is 14.7. The number of nitrogens with zero attached hydrogens (tertiary/aromatic N) is 1. The zero-order valence-corrected chi connectivity index (χ0v) is 18.3. The Morgan fingerprint density at radius 3 is 2.80 bits per heavy atom. The molecule has 5 rings (SSSR count). The highest BCUT2D eigenvalue weighted by Gasteiger charge is 2.47. The number of halogens is 1. The smallest absolute Gasteiger partial charge is 0.0735 e. The normalized spacial score (nSPS) is 27.8. The van der Waals surface area contributed by atoms with E-state index < -0.39 is 0 Å². The van der Waals surface area contributed by atoms with Crippen molar-refractivity contribution in [3.8, 4) is 0 Å². The zero-order chi connectivity index (χ0) is 20.4. The highest BCUT2D eigenvalue weighted by molar-refractivity contribution is 6.31. The lowest BCUT2D eigenvalue weighted by molar-refractivity contribution is -0.154. The van der Waals surface area contributed by atoms with Gasteiger partial charge in [-0.05, 0) is 80.8 Å². The van der Waals surface area contributed by atoms with Gasteiger partial charge in [0.05, 0.1) is 5.60 Å². The highest BCUT2D eigenvalue weighted by atomic mass is 35.5. The number of nitrogens with one attached hydrogen (secondary N) is 1.